The van der Waals surface area contributed by atoms with Crippen LogP contribution in [0.3, 0.4) is 0 Å². The average molecular weight is 324 g/mol. The first-order valence-corrected chi connectivity index (χ1v) is 8.28. The lowest BCUT2D eigenvalue weighted by Gasteiger charge is -2.29. The fourth-order valence-electron chi connectivity index (χ4n) is 3.37. The van der Waals surface area contributed by atoms with Crippen molar-refractivity contribution in [2.45, 2.75) is 31.1 Å². The van der Waals surface area contributed by atoms with Gasteiger partial charge in [-0.1, -0.05) is 36.4 Å². The predicted octanol–water partition coefficient (Wildman–Crippen LogP) is 2.50. The quantitative estimate of drug-likeness (QED) is 0.910. The molecule has 0 spiro atoms. The number of hydrogen-bond acceptors (Lipinski definition) is 4. The number of benzene rings is 2. The third-order valence-corrected chi connectivity index (χ3v) is 4.63. The van der Waals surface area contributed by atoms with E-state index < -0.39 is 6.10 Å². The zero-order valence-electron chi connectivity index (χ0n) is 13.3. The Kier molecular flexibility index (Phi) is 3.96. The summed E-state index contributed by atoms with van der Waals surface area (Å²) in [5, 5.41) is 3.13. The molecule has 2 atom stereocenters. The first-order chi connectivity index (χ1) is 11.8. The summed E-state index contributed by atoms with van der Waals surface area (Å²) >= 11 is 0. The second-order valence-corrected chi connectivity index (χ2v) is 6.18. The van der Waals surface area contributed by atoms with Gasteiger partial charge in [0.05, 0.1) is 12.1 Å². The van der Waals surface area contributed by atoms with E-state index in [9.17, 15) is 4.79 Å². The Labute approximate surface area is 140 Å². The van der Waals surface area contributed by atoms with E-state index in [1.165, 1.54) is 0 Å². The molecular formula is C19H20N2O3. The minimum Gasteiger partial charge on any atom is -0.457 e. The van der Waals surface area contributed by atoms with Crippen LogP contribution in [0.2, 0.25) is 0 Å². The standard InChI is InChI=1S/C19H20N2O3/c20-11-12-9-10-17(23-12)19(22)21-18-13-5-1-3-7-15(13)24-16-8-4-2-6-14(16)18/h1-8,12,17-18H,9-11,20H2,(H,21,22)/t12-,17+/m1/s1. The molecule has 1 amide bonds. The second-order valence-electron chi connectivity index (χ2n) is 6.18. The number of ether oxygens (including phenoxy) is 2. The molecule has 4 rings (SSSR count). The highest BCUT2D eigenvalue weighted by Gasteiger charge is 2.34. The predicted molar refractivity (Wildman–Crippen MR) is 89.9 cm³/mol. The molecule has 5 nitrogen and oxygen atoms in total. The normalized spacial score (nSPS) is 22.4. The number of amides is 1. The van der Waals surface area contributed by atoms with E-state index in [0.29, 0.717) is 13.0 Å². The van der Waals surface area contributed by atoms with Gasteiger partial charge in [-0.05, 0) is 25.0 Å². The number of rotatable bonds is 3. The Bertz CT molecular complexity index is 716. The number of carbonyl (C=O) groups is 1. The first-order valence-electron chi connectivity index (χ1n) is 8.28. The van der Waals surface area contributed by atoms with E-state index in [1.54, 1.807) is 0 Å². The number of nitrogens with one attached hydrogen (secondary N) is 1. The largest absolute Gasteiger partial charge is 0.457 e. The van der Waals surface area contributed by atoms with Crippen LogP contribution in [0.25, 0.3) is 0 Å². The molecule has 0 aliphatic carbocycles. The van der Waals surface area contributed by atoms with Gasteiger partial charge in [0, 0.05) is 17.7 Å². The number of nitrogens with two attached hydrogens (primary N) is 1. The third kappa shape index (κ3) is 2.66. The fourth-order valence-corrected chi connectivity index (χ4v) is 3.37. The van der Waals surface area contributed by atoms with Crippen LogP contribution in [0.5, 0.6) is 11.5 Å². The summed E-state index contributed by atoms with van der Waals surface area (Å²) in [5.74, 6) is 1.45. The van der Waals surface area contributed by atoms with Crippen LogP contribution in [0, 0.1) is 0 Å². The molecular weight excluding hydrogens is 304 g/mol. The Morgan fingerprint density at radius 2 is 1.67 bits per heavy atom. The molecule has 2 aliphatic rings. The van der Waals surface area contributed by atoms with Gasteiger partial charge < -0.3 is 20.5 Å². The molecule has 1 fully saturated rings. The van der Waals surface area contributed by atoms with Crippen molar-refractivity contribution in [1.82, 2.24) is 5.32 Å². The zero-order valence-corrected chi connectivity index (χ0v) is 13.3. The van der Waals surface area contributed by atoms with Gasteiger partial charge in [-0.15, -0.1) is 0 Å². The van der Waals surface area contributed by atoms with Crippen molar-refractivity contribution in [2.75, 3.05) is 6.54 Å². The Morgan fingerprint density at radius 1 is 1.04 bits per heavy atom. The van der Waals surface area contributed by atoms with E-state index >= 15 is 0 Å². The fraction of sp³-hybridized carbons (Fsp3) is 0.316. The van der Waals surface area contributed by atoms with E-state index in [2.05, 4.69) is 5.32 Å². The maximum Gasteiger partial charge on any atom is 0.249 e. The number of para-hydroxylation sites is 2. The molecule has 3 N–H and O–H groups in total. The summed E-state index contributed by atoms with van der Waals surface area (Å²) in [4.78, 5) is 12.7. The second kappa shape index (κ2) is 6.26. The molecule has 2 aromatic carbocycles. The van der Waals surface area contributed by atoms with Crippen molar-refractivity contribution in [2.24, 2.45) is 5.73 Å². The first kappa shape index (κ1) is 15.2. The Balaban J connectivity index is 1.62. The Morgan fingerprint density at radius 3 is 2.25 bits per heavy atom. The molecule has 24 heavy (non-hydrogen) atoms. The summed E-state index contributed by atoms with van der Waals surface area (Å²) < 4.78 is 11.7. The summed E-state index contributed by atoms with van der Waals surface area (Å²) in [6.07, 6.45) is 1.09. The van der Waals surface area contributed by atoms with Crippen LogP contribution in [0.1, 0.15) is 30.0 Å². The van der Waals surface area contributed by atoms with Gasteiger partial charge in [-0.2, -0.15) is 0 Å². The number of fused-ring (bicyclic) bond motifs is 2. The molecule has 0 aromatic heterocycles. The van der Waals surface area contributed by atoms with Crippen LogP contribution in [-0.2, 0) is 9.53 Å². The molecule has 124 valence electrons. The van der Waals surface area contributed by atoms with Crippen molar-refractivity contribution in [3.05, 3.63) is 59.7 Å². The van der Waals surface area contributed by atoms with Gasteiger partial charge in [-0.25, -0.2) is 0 Å². The highest BCUT2D eigenvalue weighted by Crippen LogP contribution is 2.42. The van der Waals surface area contributed by atoms with Crippen LogP contribution in [0.4, 0.5) is 0 Å². The maximum atomic E-state index is 12.7. The van der Waals surface area contributed by atoms with Gasteiger partial charge in [0.25, 0.3) is 0 Å². The van der Waals surface area contributed by atoms with Crippen molar-refractivity contribution in [3.8, 4) is 11.5 Å². The Hall–Kier alpha value is -2.37. The van der Waals surface area contributed by atoms with Crippen molar-refractivity contribution in [3.63, 3.8) is 0 Å². The van der Waals surface area contributed by atoms with Gasteiger partial charge in [0.15, 0.2) is 0 Å². The topological polar surface area (TPSA) is 73.6 Å². The third-order valence-electron chi connectivity index (χ3n) is 4.63. The summed E-state index contributed by atoms with van der Waals surface area (Å²) in [5.41, 5.74) is 7.55. The molecule has 0 bridgehead atoms. The maximum absolute atomic E-state index is 12.7. The molecule has 2 heterocycles. The number of hydrogen-bond donors (Lipinski definition) is 2. The van der Waals surface area contributed by atoms with Crippen molar-refractivity contribution >= 4 is 5.91 Å². The molecule has 0 unspecified atom stereocenters. The lowest BCUT2D eigenvalue weighted by atomic mass is 9.94. The van der Waals surface area contributed by atoms with Crippen LogP contribution >= 0.6 is 0 Å². The van der Waals surface area contributed by atoms with Gasteiger partial charge in [0.1, 0.15) is 17.6 Å². The lowest BCUT2D eigenvalue weighted by molar-refractivity contribution is -0.132. The molecule has 0 saturated carbocycles. The molecule has 1 saturated heterocycles. The SMILES string of the molecule is NC[C@H]1CC[C@@H](C(=O)NC2c3ccccc3Oc3ccccc32)O1. The highest BCUT2D eigenvalue weighted by atomic mass is 16.5. The van der Waals surface area contributed by atoms with Crippen LogP contribution < -0.4 is 15.8 Å². The van der Waals surface area contributed by atoms with Crippen molar-refractivity contribution in [1.29, 1.82) is 0 Å². The van der Waals surface area contributed by atoms with Gasteiger partial charge in [0.2, 0.25) is 5.91 Å². The molecule has 2 aliphatic heterocycles. The van der Waals surface area contributed by atoms with Crippen LogP contribution in [-0.4, -0.2) is 24.7 Å². The van der Waals surface area contributed by atoms with E-state index in [4.69, 9.17) is 15.2 Å². The smallest absolute Gasteiger partial charge is 0.249 e. The van der Waals surface area contributed by atoms with Crippen molar-refractivity contribution < 1.29 is 14.3 Å². The number of carbonyl (C=O) groups excluding carboxylic acids is 1. The van der Waals surface area contributed by atoms with E-state index in [0.717, 1.165) is 29.0 Å². The summed E-state index contributed by atoms with van der Waals surface area (Å²) in [7, 11) is 0. The highest BCUT2D eigenvalue weighted by molar-refractivity contribution is 5.82. The van der Waals surface area contributed by atoms with Gasteiger partial charge in [-0.3, -0.25) is 4.79 Å². The summed E-state index contributed by atoms with van der Waals surface area (Å²) in [6.45, 7) is 0.451. The van der Waals surface area contributed by atoms with E-state index in [-0.39, 0.29) is 18.1 Å². The molecule has 5 heteroatoms. The average Bonchev–Trinajstić information content (AvgIpc) is 3.11. The molecule has 2 aromatic rings. The zero-order chi connectivity index (χ0) is 16.5. The van der Waals surface area contributed by atoms with E-state index in [1.807, 2.05) is 48.5 Å². The summed E-state index contributed by atoms with van der Waals surface area (Å²) in [6, 6.07) is 15.3. The van der Waals surface area contributed by atoms with Crippen LogP contribution in [0.15, 0.2) is 48.5 Å². The lowest BCUT2D eigenvalue weighted by Crippen LogP contribution is -2.39. The van der Waals surface area contributed by atoms with Gasteiger partial charge >= 0.3 is 0 Å². The minimum atomic E-state index is -0.430. The molecule has 0 radical (unpaired) electrons. The minimum absolute atomic E-state index is 0.0185. The monoisotopic (exact) mass is 324 g/mol.